The predicted octanol–water partition coefficient (Wildman–Crippen LogP) is 1.26. The number of rotatable bonds is 5. The Hall–Kier alpha value is -0.580. The monoisotopic (exact) mass is 247 g/mol. The zero-order valence-electron chi connectivity index (χ0n) is 8.32. The summed E-state index contributed by atoms with van der Waals surface area (Å²) in [5.74, 6) is 0.201. The molecule has 1 aromatic carbocycles. The summed E-state index contributed by atoms with van der Waals surface area (Å²) < 4.78 is 22.7. The summed E-state index contributed by atoms with van der Waals surface area (Å²) in [7, 11) is -3.00. The lowest BCUT2D eigenvalue weighted by atomic mass is 10.2. The van der Waals surface area contributed by atoms with E-state index in [1.807, 2.05) is 12.1 Å². The summed E-state index contributed by atoms with van der Waals surface area (Å²) in [5.41, 5.74) is 6.18. The maximum Gasteiger partial charge on any atom is 0.151 e. The zero-order valence-corrected chi connectivity index (χ0v) is 9.89. The van der Waals surface area contributed by atoms with E-state index in [1.54, 1.807) is 12.1 Å². The van der Waals surface area contributed by atoms with E-state index in [1.165, 1.54) is 0 Å². The van der Waals surface area contributed by atoms with Crippen molar-refractivity contribution in [3.63, 3.8) is 0 Å². The Morgan fingerprint density at radius 1 is 1.13 bits per heavy atom. The van der Waals surface area contributed by atoms with Crippen molar-refractivity contribution >= 4 is 21.4 Å². The number of hydrogen-bond donors (Lipinski definition) is 1. The smallest absolute Gasteiger partial charge is 0.151 e. The molecule has 1 rings (SSSR count). The van der Waals surface area contributed by atoms with Crippen LogP contribution in [0.25, 0.3) is 0 Å². The van der Waals surface area contributed by atoms with E-state index < -0.39 is 9.84 Å². The van der Waals surface area contributed by atoms with E-state index in [2.05, 4.69) is 0 Å². The minimum atomic E-state index is -3.00. The first-order valence-electron chi connectivity index (χ1n) is 4.68. The van der Waals surface area contributed by atoms with Crippen molar-refractivity contribution in [2.45, 2.75) is 6.42 Å². The quantitative estimate of drug-likeness (QED) is 0.852. The van der Waals surface area contributed by atoms with Crippen LogP contribution in [-0.2, 0) is 16.3 Å². The first-order chi connectivity index (χ1) is 7.03. The van der Waals surface area contributed by atoms with Crippen LogP contribution in [0, 0.1) is 0 Å². The van der Waals surface area contributed by atoms with Gasteiger partial charge in [-0.2, -0.15) is 0 Å². The lowest BCUT2D eigenvalue weighted by Crippen LogP contribution is -2.19. The fraction of sp³-hybridized carbons (Fsp3) is 0.400. The number of nitrogens with two attached hydrogens (primary N) is 1. The van der Waals surface area contributed by atoms with E-state index >= 15 is 0 Å². The summed E-state index contributed by atoms with van der Waals surface area (Å²) in [6.07, 6.45) is 0.513. The van der Waals surface area contributed by atoms with Crippen LogP contribution < -0.4 is 5.73 Å². The van der Waals surface area contributed by atoms with Gasteiger partial charge in [0.25, 0.3) is 0 Å². The molecule has 0 bridgehead atoms. The SMILES string of the molecule is NCCS(=O)(=O)CCc1ccc(Cl)cc1. The Morgan fingerprint density at radius 3 is 2.27 bits per heavy atom. The highest BCUT2D eigenvalue weighted by Crippen LogP contribution is 2.10. The molecular formula is C10H14ClNO2S. The van der Waals surface area contributed by atoms with Crippen molar-refractivity contribution in [1.82, 2.24) is 0 Å². The molecule has 0 amide bonds. The molecule has 2 N–H and O–H groups in total. The molecule has 15 heavy (non-hydrogen) atoms. The predicted molar refractivity (Wildman–Crippen MR) is 62.9 cm³/mol. The molecule has 0 unspecified atom stereocenters. The minimum Gasteiger partial charge on any atom is -0.329 e. The van der Waals surface area contributed by atoms with E-state index in [0.717, 1.165) is 5.56 Å². The Labute approximate surface area is 95.2 Å². The van der Waals surface area contributed by atoms with Gasteiger partial charge in [0.05, 0.1) is 11.5 Å². The molecule has 84 valence electrons. The average Bonchev–Trinajstić information content (AvgIpc) is 2.17. The van der Waals surface area contributed by atoms with Crippen molar-refractivity contribution in [3.8, 4) is 0 Å². The highest BCUT2D eigenvalue weighted by Gasteiger charge is 2.09. The number of hydrogen-bond acceptors (Lipinski definition) is 3. The second-order valence-electron chi connectivity index (χ2n) is 3.32. The Morgan fingerprint density at radius 2 is 1.73 bits per heavy atom. The third-order valence-electron chi connectivity index (χ3n) is 2.04. The molecule has 0 heterocycles. The standard InChI is InChI=1S/C10H14ClNO2S/c11-10-3-1-9(2-4-10)5-7-15(13,14)8-6-12/h1-4H,5-8,12H2. The van der Waals surface area contributed by atoms with Crippen molar-refractivity contribution in [2.75, 3.05) is 18.1 Å². The molecule has 0 saturated carbocycles. The van der Waals surface area contributed by atoms with Gasteiger partial charge >= 0.3 is 0 Å². The van der Waals surface area contributed by atoms with Gasteiger partial charge in [-0.1, -0.05) is 23.7 Å². The van der Waals surface area contributed by atoms with Gasteiger partial charge in [-0.15, -0.1) is 0 Å². The summed E-state index contributed by atoms with van der Waals surface area (Å²) in [6, 6.07) is 7.18. The maximum absolute atomic E-state index is 11.4. The molecule has 1 aromatic rings. The molecule has 0 aliphatic heterocycles. The largest absolute Gasteiger partial charge is 0.329 e. The second-order valence-corrected chi connectivity index (χ2v) is 6.06. The normalized spacial score (nSPS) is 11.6. The molecule has 5 heteroatoms. The molecule has 0 spiro atoms. The fourth-order valence-corrected chi connectivity index (χ4v) is 2.44. The molecule has 0 atom stereocenters. The summed E-state index contributed by atoms with van der Waals surface area (Å²) in [6.45, 7) is 0.183. The highest BCUT2D eigenvalue weighted by molar-refractivity contribution is 7.91. The van der Waals surface area contributed by atoms with Crippen molar-refractivity contribution in [1.29, 1.82) is 0 Å². The number of halogens is 1. The van der Waals surface area contributed by atoms with Gasteiger partial charge in [-0.25, -0.2) is 8.42 Å². The third kappa shape index (κ3) is 4.64. The van der Waals surface area contributed by atoms with Crippen molar-refractivity contribution in [3.05, 3.63) is 34.9 Å². The average molecular weight is 248 g/mol. The molecule has 0 saturated heterocycles. The van der Waals surface area contributed by atoms with Gasteiger partial charge in [-0.05, 0) is 24.1 Å². The first-order valence-corrected chi connectivity index (χ1v) is 6.88. The van der Waals surface area contributed by atoms with Gasteiger partial charge in [-0.3, -0.25) is 0 Å². The van der Waals surface area contributed by atoms with E-state index in [9.17, 15) is 8.42 Å². The van der Waals surface area contributed by atoms with Gasteiger partial charge in [0.2, 0.25) is 0 Å². The number of benzene rings is 1. The molecule has 0 aromatic heterocycles. The van der Waals surface area contributed by atoms with E-state index in [-0.39, 0.29) is 18.1 Å². The van der Waals surface area contributed by atoms with Gasteiger partial charge in [0.15, 0.2) is 9.84 Å². The summed E-state index contributed by atoms with van der Waals surface area (Å²) >= 11 is 5.72. The van der Waals surface area contributed by atoms with E-state index in [0.29, 0.717) is 11.4 Å². The van der Waals surface area contributed by atoms with E-state index in [4.69, 9.17) is 17.3 Å². The number of aryl methyl sites for hydroxylation is 1. The Kier molecular flexibility index (Phi) is 4.57. The van der Waals surface area contributed by atoms with Crippen LogP contribution in [0.3, 0.4) is 0 Å². The molecule has 0 aliphatic carbocycles. The fourth-order valence-electron chi connectivity index (χ4n) is 1.21. The summed E-state index contributed by atoms with van der Waals surface area (Å²) in [5, 5.41) is 0.656. The van der Waals surface area contributed by atoms with Crippen molar-refractivity contribution in [2.24, 2.45) is 5.73 Å². The highest BCUT2D eigenvalue weighted by atomic mass is 35.5. The maximum atomic E-state index is 11.4. The van der Waals surface area contributed by atoms with Crippen LogP contribution in [0.4, 0.5) is 0 Å². The van der Waals surface area contributed by atoms with Gasteiger partial charge in [0.1, 0.15) is 0 Å². The molecule has 0 fully saturated rings. The topological polar surface area (TPSA) is 60.2 Å². The lowest BCUT2D eigenvalue weighted by Gasteiger charge is -2.03. The first kappa shape index (κ1) is 12.5. The van der Waals surface area contributed by atoms with Crippen LogP contribution in [0.2, 0.25) is 5.02 Å². The minimum absolute atomic E-state index is 0.0561. The van der Waals surface area contributed by atoms with Crippen LogP contribution in [0.5, 0.6) is 0 Å². The summed E-state index contributed by atoms with van der Waals surface area (Å²) in [4.78, 5) is 0. The van der Waals surface area contributed by atoms with Crippen LogP contribution in [-0.4, -0.2) is 26.5 Å². The molecule has 3 nitrogen and oxygen atoms in total. The number of sulfone groups is 1. The Balaban J connectivity index is 2.54. The second kappa shape index (κ2) is 5.49. The van der Waals surface area contributed by atoms with Gasteiger partial charge in [0, 0.05) is 11.6 Å². The van der Waals surface area contributed by atoms with Crippen LogP contribution in [0.1, 0.15) is 5.56 Å². The zero-order chi connectivity index (χ0) is 11.3. The lowest BCUT2D eigenvalue weighted by molar-refractivity contribution is 0.595. The van der Waals surface area contributed by atoms with Crippen LogP contribution in [0.15, 0.2) is 24.3 Å². The molecule has 0 radical (unpaired) electrons. The van der Waals surface area contributed by atoms with Crippen LogP contribution >= 0.6 is 11.6 Å². The molecular weight excluding hydrogens is 234 g/mol. The Bertz CT molecular complexity index is 400. The molecule has 0 aliphatic rings. The van der Waals surface area contributed by atoms with Crippen molar-refractivity contribution < 1.29 is 8.42 Å². The van der Waals surface area contributed by atoms with Gasteiger partial charge < -0.3 is 5.73 Å². The third-order valence-corrected chi connectivity index (χ3v) is 3.98.